The highest BCUT2D eigenvalue weighted by Crippen LogP contribution is 2.16. The average molecular weight is 330 g/mol. The van der Waals surface area contributed by atoms with Crippen molar-refractivity contribution in [1.29, 1.82) is 0 Å². The highest BCUT2D eigenvalue weighted by atomic mass is 16.6. The van der Waals surface area contributed by atoms with Crippen molar-refractivity contribution in [2.45, 2.75) is 25.8 Å². The van der Waals surface area contributed by atoms with Gasteiger partial charge in [-0.25, -0.2) is 9.78 Å². The first-order chi connectivity index (χ1) is 11.6. The number of carbonyl (C=O) groups is 2. The molecule has 1 aliphatic rings. The Kier molecular flexibility index (Phi) is 4.69. The highest BCUT2D eigenvalue weighted by molar-refractivity contribution is 5.97. The number of imidazole rings is 1. The Morgan fingerprint density at radius 1 is 1.33 bits per heavy atom. The highest BCUT2D eigenvalue weighted by Gasteiger charge is 2.24. The van der Waals surface area contributed by atoms with Crippen LogP contribution in [0.4, 0.5) is 4.79 Å². The summed E-state index contributed by atoms with van der Waals surface area (Å²) in [6.07, 6.45) is 2.92. The summed E-state index contributed by atoms with van der Waals surface area (Å²) in [5, 5.41) is 3.05. The standard InChI is InChI=1S/C17H22N4O3/c1-3-24-17(23)21-8-6-13(7-9-21)19-16(22)12-4-5-15-14(10-12)18-11-20(15)2/h4-5,10-11,13H,3,6-9H2,1-2H3,(H,19,22). The molecule has 1 N–H and O–H groups in total. The molecule has 24 heavy (non-hydrogen) atoms. The number of aryl methyl sites for hydroxylation is 1. The van der Waals surface area contributed by atoms with Gasteiger partial charge in [0.15, 0.2) is 0 Å². The third-order valence-corrected chi connectivity index (χ3v) is 4.34. The number of piperidine rings is 1. The van der Waals surface area contributed by atoms with Gasteiger partial charge in [-0.15, -0.1) is 0 Å². The van der Waals surface area contributed by atoms with Crippen LogP contribution in [-0.2, 0) is 11.8 Å². The van der Waals surface area contributed by atoms with Gasteiger partial charge >= 0.3 is 6.09 Å². The van der Waals surface area contributed by atoms with Crippen molar-refractivity contribution in [2.24, 2.45) is 7.05 Å². The molecule has 2 heterocycles. The maximum absolute atomic E-state index is 12.4. The van der Waals surface area contributed by atoms with E-state index in [1.807, 2.05) is 23.7 Å². The number of ether oxygens (including phenoxy) is 1. The lowest BCUT2D eigenvalue weighted by molar-refractivity contribution is 0.0860. The largest absolute Gasteiger partial charge is 0.450 e. The topological polar surface area (TPSA) is 76.5 Å². The summed E-state index contributed by atoms with van der Waals surface area (Å²) in [7, 11) is 1.92. The van der Waals surface area contributed by atoms with Crippen LogP contribution in [0.25, 0.3) is 11.0 Å². The molecule has 2 aromatic rings. The average Bonchev–Trinajstić information content (AvgIpc) is 2.96. The van der Waals surface area contributed by atoms with Gasteiger partial charge in [0.05, 0.1) is 24.0 Å². The third-order valence-electron chi connectivity index (χ3n) is 4.34. The van der Waals surface area contributed by atoms with Crippen LogP contribution >= 0.6 is 0 Å². The first kappa shape index (κ1) is 16.3. The number of aromatic nitrogens is 2. The Hall–Kier alpha value is -2.57. The van der Waals surface area contributed by atoms with E-state index in [1.165, 1.54) is 0 Å². The summed E-state index contributed by atoms with van der Waals surface area (Å²) in [5.41, 5.74) is 2.41. The lowest BCUT2D eigenvalue weighted by Crippen LogP contribution is -2.46. The van der Waals surface area contributed by atoms with Crippen molar-refractivity contribution in [3.05, 3.63) is 30.1 Å². The van der Waals surface area contributed by atoms with E-state index in [9.17, 15) is 9.59 Å². The minimum absolute atomic E-state index is 0.0719. The molecule has 0 saturated carbocycles. The summed E-state index contributed by atoms with van der Waals surface area (Å²) >= 11 is 0. The smallest absolute Gasteiger partial charge is 0.409 e. The number of hydrogen-bond acceptors (Lipinski definition) is 4. The van der Waals surface area contributed by atoms with Gasteiger partial charge in [-0.1, -0.05) is 0 Å². The van der Waals surface area contributed by atoms with Gasteiger partial charge < -0.3 is 19.5 Å². The lowest BCUT2D eigenvalue weighted by atomic mass is 10.0. The summed E-state index contributed by atoms with van der Waals surface area (Å²) in [6, 6.07) is 5.59. The second kappa shape index (κ2) is 6.90. The maximum atomic E-state index is 12.4. The number of rotatable bonds is 3. The SMILES string of the molecule is CCOC(=O)N1CCC(NC(=O)c2ccc3c(c2)ncn3C)CC1. The molecule has 0 aliphatic carbocycles. The second-order valence-electron chi connectivity index (χ2n) is 5.99. The number of nitrogens with zero attached hydrogens (tertiary/aromatic N) is 3. The zero-order valence-corrected chi connectivity index (χ0v) is 14.0. The second-order valence-corrected chi connectivity index (χ2v) is 5.99. The van der Waals surface area contributed by atoms with Crippen LogP contribution in [-0.4, -0.2) is 52.2 Å². The van der Waals surface area contributed by atoms with E-state index < -0.39 is 0 Å². The van der Waals surface area contributed by atoms with Crippen LogP contribution in [0, 0.1) is 0 Å². The molecule has 1 fully saturated rings. The molecule has 128 valence electrons. The quantitative estimate of drug-likeness (QED) is 0.933. The Bertz CT molecular complexity index is 747. The predicted octanol–water partition coefficient (Wildman–Crippen LogP) is 1.92. The number of likely N-dealkylation sites (tertiary alicyclic amines) is 1. The normalized spacial score (nSPS) is 15.5. The fourth-order valence-electron chi connectivity index (χ4n) is 2.97. The molecule has 3 rings (SSSR count). The van der Waals surface area contributed by atoms with Crippen molar-refractivity contribution in [3.8, 4) is 0 Å². The molecule has 1 saturated heterocycles. The molecule has 7 nitrogen and oxygen atoms in total. The van der Waals surface area contributed by atoms with Crippen molar-refractivity contribution in [2.75, 3.05) is 19.7 Å². The van der Waals surface area contributed by atoms with E-state index in [0.29, 0.717) is 25.3 Å². The van der Waals surface area contributed by atoms with Gasteiger partial charge in [-0.3, -0.25) is 4.79 Å². The maximum Gasteiger partial charge on any atom is 0.409 e. The van der Waals surface area contributed by atoms with Gasteiger partial charge in [0, 0.05) is 31.7 Å². The van der Waals surface area contributed by atoms with E-state index in [1.54, 1.807) is 24.2 Å². The number of benzene rings is 1. The summed E-state index contributed by atoms with van der Waals surface area (Å²) < 4.78 is 6.92. The summed E-state index contributed by atoms with van der Waals surface area (Å²) in [5.74, 6) is -0.0999. The van der Waals surface area contributed by atoms with Crippen molar-refractivity contribution in [1.82, 2.24) is 19.8 Å². The molecule has 0 radical (unpaired) electrons. The molecule has 1 aromatic heterocycles. The van der Waals surface area contributed by atoms with Crippen LogP contribution in [0.1, 0.15) is 30.1 Å². The number of fused-ring (bicyclic) bond motifs is 1. The molecule has 1 aromatic carbocycles. The predicted molar refractivity (Wildman–Crippen MR) is 89.8 cm³/mol. The Labute approximate surface area is 140 Å². The number of hydrogen-bond donors (Lipinski definition) is 1. The van der Waals surface area contributed by atoms with Crippen LogP contribution < -0.4 is 5.32 Å². The molecule has 0 atom stereocenters. The lowest BCUT2D eigenvalue weighted by Gasteiger charge is -2.31. The number of nitrogens with one attached hydrogen (secondary N) is 1. The van der Waals surface area contributed by atoms with Crippen LogP contribution in [0.15, 0.2) is 24.5 Å². The third kappa shape index (κ3) is 3.34. The van der Waals surface area contributed by atoms with Gasteiger partial charge in [-0.2, -0.15) is 0 Å². The van der Waals surface area contributed by atoms with Gasteiger partial charge in [0.25, 0.3) is 5.91 Å². The molecule has 0 spiro atoms. The monoisotopic (exact) mass is 330 g/mol. The van der Waals surface area contributed by atoms with E-state index in [-0.39, 0.29) is 18.0 Å². The first-order valence-corrected chi connectivity index (χ1v) is 8.22. The van der Waals surface area contributed by atoms with Crippen molar-refractivity contribution < 1.29 is 14.3 Å². The van der Waals surface area contributed by atoms with Gasteiger partial charge in [-0.05, 0) is 38.0 Å². The zero-order chi connectivity index (χ0) is 17.1. The fraction of sp³-hybridized carbons (Fsp3) is 0.471. The van der Waals surface area contributed by atoms with E-state index in [4.69, 9.17) is 4.74 Å². The Morgan fingerprint density at radius 3 is 2.79 bits per heavy atom. The summed E-state index contributed by atoms with van der Waals surface area (Å²) in [4.78, 5) is 30.1. The minimum Gasteiger partial charge on any atom is -0.450 e. The number of carbonyl (C=O) groups excluding carboxylic acids is 2. The van der Waals surface area contributed by atoms with E-state index >= 15 is 0 Å². The van der Waals surface area contributed by atoms with E-state index in [2.05, 4.69) is 10.3 Å². The van der Waals surface area contributed by atoms with Gasteiger partial charge in [0.2, 0.25) is 0 Å². The zero-order valence-electron chi connectivity index (χ0n) is 14.0. The Morgan fingerprint density at radius 2 is 2.08 bits per heavy atom. The van der Waals surface area contributed by atoms with Crippen LogP contribution in [0.3, 0.4) is 0 Å². The van der Waals surface area contributed by atoms with E-state index in [0.717, 1.165) is 23.9 Å². The van der Waals surface area contributed by atoms with Crippen LogP contribution in [0.2, 0.25) is 0 Å². The molecular weight excluding hydrogens is 308 g/mol. The van der Waals surface area contributed by atoms with Gasteiger partial charge in [0.1, 0.15) is 0 Å². The van der Waals surface area contributed by atoms with Crippen molar-refractivity contribution >= 4 is 23.0 Å². The molecule has 0 unspecified atom stereocenters. The first-order valence-electron chi connectivity index (χ1n) is 8.22. The molecular formula is C17H22N4O3. The molecule has 1 aliphatic heterocycles. The molecule has 0 bridgehead atoms. The minimum atomic E-state index is -0.275. The molecule has 7 heteroatoms. The Balaban J connectivity index is 1.58. The van der Waals surface area contributed by atoms with Crippen LogP contribution in [0.5, 0.6) is 0 Å². The molecule has 2 amide bonds. The van der Waals surface area contributed by atoms with Crippen molar-refractivity contribution in [3.63, 3.8) is 0 Å². The fourth-order valence-corrected chi connectivity index (χ4v) is 2.97. The number of amides is 2. The summed E-state index contributed by atoms with van der Waals surface area (Å²) in [6.45, 7) is 3.38.